The molecule has 6 rings (SSSR count). The zero-order valence-corrected chi connectivity index (χ0v) is 25.1. The number of ketones is 1. The Hall–Kier alpha value is -3.90. The number of hydrogen-bond acceptors (Lipinski definition) is 7. The third-order valence-electron chi connectivity index (χ3n) is 7.96. The highest BCUT2D eigenvalue weighted by Gasteiger charge is 2.40. The number of ether oxygens (including phenoxy) is 1. The summed E-state index contributed by atoms with van der Waals surface area (Å²) in [6, 6.07) is 7.80. The Morgan fingerprint density at radius 2 is 1.84 bits per heavy atom. The predicted octanol–water partition coefficient (Wildman–Crippen LogP) is 4.63. The summed E-state index contributed by atoms with van der Waals surface area (Å²) in [5.74, 6) is 1.06. The zero-order chi connectivity index (χ0) is 29.8. The molecular weight excluding hydrogens is 583 g/mol. The summed E-state index contributed by atoms with van der Waals surface area (Å²) in [4.78, 5) is 25.2. The molecule has 0 aliphatic carbocycles. The van der Waals surface area contributed by atoms with E-state index < -0.39 is 17.8 Å². The molecular formula is C30H33ClF3N7O2. The van der Waals surface area contributed by atoms with Crippen molar-refractivity contribution in [3.05, 3.63) is 76.8 Å². The van der Waals surface area contributed by atoms with Gasteiger partial charge in [0.25, 0.3) is 0 Å². The van der Waals surface area contributed by atoms with Gasteiger partial charge in [-0.25, -0.2) is 9.97 Å². The third kappa shape index (κ3) is 5.98. The molecule has 0 unspecified atom stereocenters. The van der Waals surface area contributed by atoms with Crippen molar-refractivity contribution < 1.29 is 22.7 Å². The molecule has 13 heteroatoms. The average Bonchev–Trinajstić information content (AvgIpc) is 3.49. The number of nitrogens with one attached hydrogen (secondary N) is 1. The van der Waals surface area contributed by atoms with Crippen LogP contribution in [-0.2, 0) is 26.2 Å². The fourth-order valence-electron chi connectivity index (χ4n) is 5.70. The lowest BCUT2D eigenvalue weighted by Crippen LogP contribution is -2.57. The fourth-order valence-corrected chi connectivity index (χ4v) is 5.70. The van der Waals surface area contributed by atoms with E-state index >= 15 is 0 Å². The van der Waals surface area contributed by atoms with E-state index in [1.807, 2.05) is 37.6 Å². The van der Waals surface area contributed by atoms with Crippen LogP contribution in [0.1, 0.15) is 38.7 Å². The summed E-state index contributed by atoms with van der Waals surface area (Å²) in [6.07, 6.45) is 0.441. The highest BCUT2D eigenvalue weighted by atomic mass is 35.5. The first-order valence-electron chi connectivity index (χ1n) is 13.8. The molecule has 0 amide bonds. The number of Topliss-reactive ketones (excluding diaryl/α,β-unsaturated/α-hetero) is 1. The van der Waals surface area contributed by atoms with Crippen LogP contribution in [0, 0.1) is 19.8 Å². The van der Waals surface area contributed by atoms with Gasteiger partial charge in [-0.1, -0.05) is 0 Å². The SMILES string of the molecule is CNC1CN(c2cc(C)cc(C[C@@H]3COc4c(cc(Cn5ccnc5C)cc4-c4cn(C)nc4C(F)(F)F)C3=O)n2)C1.Cl. The maximum atomic E-state index is 14.0. The van der Waals surface area contributed by atoms with Crippen LogP contribution in [0.25, 0.3) is 11.1 Å². The highest BCUT2D eigenvalue weighted by molar-refractivity contribution is 6.04. The molecule has 4 aromatic rings. The molecule has 0 bridgehead atoms. The van der Waals surface area contributed by atoms with E-state index in [4.69, 9.17) is 9.72 Å². The number of hydrogen-bond donors (Lipinski definition) is 1. The lowest BCUT2D eigenvalue weighted by Gasteiger charge is -2.40. The monoisotopic (exact) mass is 615 g/mol. The number of fused-ring (bicyclic) bond motifs is 1. The van der Waals surface area contributed by atoms with Gasteiger partial charge in [0.05, 0.1) is 18.1 Å². The summed E-state index contributed by atoms with van der Waals surface area (Å²) >= 11 is 0. The number of anilines is 1. The van der Waals surface area contributed by atoms with Gasteiger partial charge in [0.2, 0.25) is 0 Å². The van der Waals surface area contributed by atoms with Crippen LogP contribution in [0.2, 0.25) is 0 Å². The Labute approximate surface area is 253 Å². The minimum Gasteiger partial charge on any atom is -0.491 e. The number of alkyl halides is 3. The molecule has 0 saturated carbocycles. The maximum absolute atomic E-state index is 14.0. The van der Waals surface area contributed by atoms with Crippen LogP contribution in [0.4, 0.5) is 19.0 Å². The Balaban J connectivity index is 0.00000368. The van der Waals surface area contributed by atoms with Crippen molar-refractivity contribution in [3.8, 4) is 16.9 Å². The van der Waals surface area contributed by atoms with Gasteiger partial charge in [-0.05, 0) is 56.3 Å². The number of imidazole rings is 1. The van der Waals surface area contributed by atoms with E-state index in [2.05, 4.69) is 20.3 Å². The highest BCUT2D eigenvalue weighted by Crippen LogP contribution is 2.44. The molecule has 43 heavy (non-hydrogen) atoms. The predicted molar refractivity (Wildman–Crippen MR) is 158 cm³/mol. The summed E-state index contributed by atoms with van der Waals surface area (Å²) in [7, 11) is 3.38. The van der Waals surface area contributed by atoms with Crippen molar-refractivity contribution in [1.29, 1.82) is 0 Å². The van der Waals surface area contributed by atoms with Crippen LogP contribution in [0.15, 0.2) is 42.9 Å². The van der Waals surface area contributed by atoms with Gasteiger partial charge in [0, 0.05) is 74.6 Å². The molecule has 0 spiro atoms. The number of aryl methyl sites for hydroxylation is 3. The van der Waals surface area contributed by atoms with E-state index in [9.17, 15) is 18.0 Å². The molecule has 5 heterocycles. The van der Waals surface area contributed by atoms with Gasteiger partial charge in [-0.3, -0.25) is 9.48 Å². The number of nitrogens with zero attached hydrogens (tertiary/aromatic N) is 6. The second-order valence-electron chi connectivity index (χ2n) is 11.1. The fraction of sp³-hybridized carbons (Fsp3) is 0.400. The van der Waals surface area contributed by atoms with Crippen LogP contribution in [0.3, 0.4) is 0 Å². The van der Waals surface area contributed by atoms with Crippen LogP contribution < -0.4 is 15.0 Å². The van der Waals surface area contributed by atoms with E-state index in [0.29, 0.717) is 24.6 Å². The number of halogens is 4. The lowest BCUT2D eigenvalue weighted by molar-refractivity contribution is -0.140. The van der Waals surface area contributed by atoms with Gasteiger partial charge >= 0.3 is 6.18 Å². The minimum absolute atomic E-state index is 0. The van der Waals surface area contributed by atoms with Gasteiger partial charge < -0.3 is 19.5 Å². The smallest absolute Gasteiger partial charge is 0.435 e. The lowest BCUT2D eigenvalue weighted by atomic mass is 9.87. The van der Waals surface area contributed by atoms with E-state index in [1.165, 1.54) is 13.2 Å². The second-order valence-corrected chi connectivity index (χ2v) is 11.1. The first kappa shape index (κ1) is 30.6. The van der Waals surface area contributed by atoms with E-state index in [0.717, 1.165) is 40.7 Å². The van der Waals surface area contributed by atoms with Gasteiger partial charge in [0.1, 0.15) is 17.4 Å². The molecule has 0 radical (unpaired) electrons. The molecule has 1 saturated heterocycles. The number of carbonyl (C=O) groups excluding carboxylic acids is 1. The van der Waals surface area contributed by atoms with Crippen LogP contribution in [0.5, 0.6) is 5.75 Å². The molecule has 228 valence electrons. The average molecular weight is 616 g/mol. The number of likely N-dealkylation sites (N-methyl/N-ethyl adjacent to an activating group) is 1. The molecule has 1 N–H and O–H groups in total. The van der Waals surface area contributed by atoms with Crippen molar-refractivity contribution in [2.45, 2.75) is 39.0 Å². The minimum atomic E-state index is -4.68. The van der Waals surface area contributed by atoms with Gasteiger partial charge in [-0.2, -0.15) is 18.3 Å². The number of aromatic nitrogens is 5. The Morgan fingerprint density at radius 3 is 2.51 bits per heavy atom. The summed E-state index contributed by atoms with van der Waals surface area (Å²) < 4.78 is 51.1. The van der Waals surface area contributed by atoms with Crippen molar-refractivity contribution >= 4 is 24.0 Å². The van der Waals surface area contributed by atoms with Crippen molar-refractivity contribution in [2.24, 2.45) is 13.0 Å². The van der Waals surface area contributed by atoms with Crippen molar-refractivity contribution in [1.82, 2.24) is 29.6 Å². The summed E-state index contributed by atoms with van der Waals surface area (Å²) in [5.41, 5.74) is 1.79. The second kappa shape index (κ2) is 11.6. The molecule has 9 nitrogen and oxygen atoms in total. The number of rotatable bonds is 7. The van der Waals surface area contributed by atoms with E-state index in [-0.39, 0.29) is 47.2 Å². The molecule has 2 aliphatic rings. The van der Waals surface area contributed by atoms with Crippen molar-refractivity contribution in [2.75, 3.05) is 31.6 Å². The Kier molecular flexibility index (Phi) is 8.28. The normalized spacial score (nSPS) is 16.9. The third-order valence-corrected chi connectivity index (χ3v) is 7.96. The Morgan fingerprint density at radius 1 is 1.09 bits per heavy atom. The first-order chi connectivity index (χ1) is 20.0. The van der Waals surface area contributed by atoms with Gasteiger partial charge in [0.15, 0.2) is 11.5 Å². The zero-order valence-electron chi connectivity index (χ0n) is 24.3. The molecule has 1 fully saturated rings. The van der Waals surface area contributed by atoms with E-state index in [1.54, 1.807) is 24.5 Å². The topological polar surface area (TPSA) is 90.1 Å². The molecule has 3 aromatic heterocycles. The van der Waals surface area contributed by atoms with Crippen molar-refractivity contribution in [3.63, 3.8) is 0 Å². The Bertz CT molecular complexity index is 1660. The quantitative estimate of drug-likeness (QED) is 0.324. The molecule has 2 aliphatic heterocycles. The number of pyridine rings is 1. The largest absolute Gasteiger partial charge is 0.491 e. The number of carbonyl (C=O) groups is 1. The summed E-state index contributed by atoms with van der Waals surface area (Å²) in [5, 5.41) is 6.95. The maximum Gasteiger partial charge on any atom is 0.435 e. The standard InChI is InChI=1S/C30H32F3N7O2.ClH/c1-17-7-21(36-26(8-17)40-13-22(14-40)34-3)11-20-16-42-28-23(25-15-38(4)37-29(25)30(31,32)33)9-19(10-24(28)27(20)41)12-39-6-5-35-18(39)2;/h5-10,15,20,22,34H,11-14,16H2,1-4H3;1H/t20-;/m1./s1. The molecule has 1 atom stereocenters. The number of benzene rings is 1. The summed E-state index contributed by atoms with van der Waals surface area (Å²) in [6.45, 7) is 5.94. The first-order valence-corrected chi connectivity index (χ1v) is 13.8. The van der Waals surface area contributed by atoms with Gasteiger partial charge in [-0.15, -0.1) is 12.4 Å². The molecule has 1 aromatic carbocycles. The van der Waals surface area contributed by atoms with Crippen LogP contribution >= 0.6 is 12.4 Å². The van der Waals surface area contributed by atoms with Crippen LogP contribution in [-0.4, -0.2) is 62.9 Å².